The van der Waals surface area contributed by atoms with E-state index in [1.54, 1.807) is 6.08 Å². The van der Waals surface area contributed by atoms with Crippen molar-refractivity contribution in [1.29, 1.82) is 0 Å². The minimum Gasteiger partial charge on any atom is -0.335 e. The molecule has 0 atom stereocenters. The van der Waals surface area contributed by atoms with Crippen LogP contribution in [0.2, 0.25) is 0 Å². The normalized spacial score (nSPS) is 16.0. The predicted molar refractivity (Wildman–Crippen MR) is 88.0 cm³/mol. The molecule has 0 aliphatic heterocycles. The van der Waals surface area contributed by atoms with Gasteiger partial charge < -0.3 is 9.80 Å². The molecule has 2 rings (SSSR count). The molecule has 0 spiro atoms. The second-order valence-electron chi connectivity index (χ2n) is 6.02. The van der Waals surface area contributed by atoms with Crippen molar-refractivity contribution in [2.45, 2.75) is 31.7 Å². The van der Waals surface area contributed by atoms with Crippen molar-refractivity contribution in [2.24, 2.45) is 0 Å². The smallest absolute Gasteiger partial charge is 0.246 e. The third-order valence-corrected chi connectivity index (χ3v) is 4.05. The Hall–Kier alpha value is -1.61. The molecule has 3 nitrogen and oxygen atoms in total. The fourth-order valence-electron chi connectivity index (χ4n) is 2.82. The van der Waals surface area contributed by atoms with Crippen molar-refractivity contribution in [1.82, 2.24) is 9.80 Å². The van der Waals surface area contributed by atoms with Gasteiger partial charge in [-0.15, -0.1) is 0 Å². The molecule has 114 valence electrons. The Morgan fingerprint density at radius 2 is 1.81 bits per heavy atom. The van der Waals surface area contributed by atoms with Crippen LogP contribution in [0.1, 0.15) is 31.2 Å². The van der Waals surface area contributed by atoms with E-state index in [0.29, 0.717) is 6.04 Å². The van der Waals surface area contributed by atoms with Gasteiger partial charge in [0.05, 0.1) is 0 Å². The topological polar surface area (TPSA) is 23.6 Å². The summed E-state index contributed by atoms with van der Waals surface area (Å²) in [5.41, 5.74) is 1.07. The highest BCUT2D eigenvalue weighted by Gasteiger charge is 2.25. The molecule has 1 aliphatic rings. The molecule has 21 heavy (non-hydrogen) atoms. The maximum Gasteiger partial charge on any atom is 0.246 e. The quantitative estimate of drug-likeness (QED) is 0.751. The lowest BCUT2D eigenvalue weighted by atomic mass is 10.2. The number of rotatable bonds is 6. The summed E-state index contributed by atoms with van der Waals surface area (Å²) in [6.07, 6.45) is 8.44. The summed E-state index contributed by atoms with van der Waals surface area (Å²) >= 11 is 0. The van der Waals surface area contributed by atoms with Crippen molar-refractivity contribution < 1.29 is 4.79 Å². The summed E-state index contributed by atoms with van der Waals surface area (Å²) in [7, 11) is 4.11. The van der Waals surface area contributed by atoms with Gasteiger partial charge in [-0.2, -0.15) is 0 Å². The highest BCUT2D eigenvalue weighted by Crippen LogP contribution is 2.23. The van der Waals surface area contributed by atoms with Crippen molar-refractivity contribution in [3.05, 3.63) is 42.0 Å². The molecule has 0 N–H and O–H groups in total. The van der Waals surface area contributed by atoms with Crippen LogP contribution in [0.15, 0.2) is 36.4 Å². The van der Waals surface area contributed by atoms with Crippen LogP contribution in [-0.2, 0) is 4.79 Å². The Bertz CT molecular complexity index is 461. The van der Waals surface area contributed by atoms with E-state index >= 15 is 0 Å². The monoisotopic (exact) mass is 286 g/mol. The van der Waals surface area contributed by atoms with Gasteiger partial charge in [-0.05, 0) is 38.6 Å². The van der Waals surface area contributed by atoms with E-state index in [1.165, 1.54) is 12.8 Å². The van der Waals surface area contributed by atoms with Crippen LogP contribution < -0.4 is 0 Å². The Balaban J connectivity index is 2.01. The lowest BCUT2D eigenvalue weighted by Crippen LogP contribution is -2.41. The van der Waals surface area contributed by atoms with Gasteiger partial charge in [0.25, 0.3) is 0 Å². The molecule has 0 radical (unpaired) electrons. The summed E-state index contributed by atoms with van der Waals surface area (Å²) < 4.78 is 0. The van der Waals surface area contributed by atoms with E-state index in [4.69, 9.17) is 0 Å². The number of benzene rings is 1. The third kappa shape index (κ3) is 5.01. The predicted octanol–water partition coefficient (Wildman–Crippen LogP) is 3.03. The summed E-state index contributed by atoms with van der Waals surface area (Å²) in [5.74, 6) is 0.146. The van der Waals surface area contributed by atoms with E-state index < -0.39 is 0 Å². The SMILES string of the molecule is CN(C)CCN(C(=O)/C=C/c1ccccc1)C1CCCC1. The molecule has 1 amide bonds. The summed E-state index contributed by atoms with van der Waals surface area (Å²) in [4.78, 5) is 16.7. The number of hydrogen-bond donors (Lipinski definition) is 0. The van der Waals surface area contributed by atoms with Gasteiger partial charge in [-0.3, -0.25) is 4.79 Å². The van der Waals surface area contributed by atoms with Crippen molar-refractivity contribution >= 4 is 12.0 Å². The minimum absolute atomic E-state index is 0.146. The first-order chi connectivity index (χ1) is 10.2. The third-order valence-electron chi connectivity index (χ3n) is 4.05. The number of carbonyl (C=O) groups is 1. The molecule has 0 heterocycles. The van der Waals surface area contributed by atoms with Crippen LogP contribution in [0.3, 0.4) is 0 Å². The van der Waals surface area contributed by atoms with Gasteiger partial charge in [-0.1, -0.05) is 43.2 Å². The van der Waals surface area contributed by atoms with Gasteiger partial charge in [0, 0.05) is 25.2 Å². The highest BCUT2D eigenvalue weighted by molar-refractivity contribution is 5.92. The molecule has 0 aromatic heterocycles. The van der Waals surface area contributed by atoms with Gasteiger partial charge >= 0.3 is 0 Å². The number of carbonyl (C=O) groups excluding carboxylic acids is 1. The van der Waals surface area contributed by atoms with Crippen LogP contribution in [0.5, 0.6) is 0 Å². The van der Waals surface area contributed by atoms with Crippen molar-refractivity contribution in [2.75, 3.05) is 27.2 Å². The summed E-state index contributed by atoms with van der Waals surface area (Å²) in [6.45, 7) is 1.73. The molecule has 1 aliphatic carbocycles. The molecule has 0 unspecified atom stereocenters. The Morgan fingerprint density at radius 1 is 1.14 bits per heavy atom. The maximum absolute atomic E-state index is 12.5. The molecule has 1 saturated carbocycles. The van der Waals surface area contributed by atoms with Crippen LogP contribution in [0, 0.1) is 0 Å². The molecular weight excluding hydrogens is 260 g/mol. The first-order valence-corrected chi connectivity index (χ1v) is 7.85. The van der Waals surface area contributed by atoms with Crippen LogP contribution >= 0.6 is 0 Å². The molecule has 0 bridgehead atoms. The molecule has 3 heteroatoms. The van der Waals surface area contributed by atoms with Gasteiger partial charge in [0.15, 0.2) is 0 Å². The van der Waals surface area contributed by atoms with Gasteiger partial charge in [-0.25, -0.2) is 0 Å². The fraction of sp³-hybridized carbons (Fsp3) is 0.500. The molecular formula is C18H26N2O. The number of nitrogens with zero attached hydrogens (tertiary/aromatic N) is 2. The summed E-state index contributed by atoms with van der Waals surface area (Å²) in [5, 5.41) is 0. The Labute approximate surface area is 128 Å². The lowest BCUT2D eigenvalue weighted by Gasteiger charge is -2.29. The average molecular weight is 286 g/mol. The molecule has 1 aromatic carbocycles. The van der Waals surface area contributed by atoms with Crippen molar-refractivity contribution in [3.8, 4) is 0 Å². The Kier molecular flexibility index (Phi) is 6.00. The molecule has 0 saturated heterocycles. The van der Waals surface area contributed by atoms with Crippen LogP contribution in [0.4, 0.5) is 0 Å². The second kappa shape index (κ2) is 7.99. The molecule has 1 aromatic rings. The first kappa shape index (κ1) is 15.8. The first-order valence-electron chi connectivity index (χ1n) is 7.85. The second-order valence-corrected chi connectivity index (χ2v) is 6.02. The van der Waals surface area contributed by atoms with E-state index in [2.05, 4.69) is 23.9 Å². The van der Waals surface area contributed by atoms with Crippen LogP contribution in [-0.4, -0.2) is 48.9 Å². The molecule has 1 fully saturated rings. The standard InChI is InChI=1S/C18H26N2O/c1-19(2)14-15-20(17-10-6-7-11-17)18(21)13-12-16-8-4-3-5-9-16/h3-5,8-9,12-13,17H,6-7,10-11,14-15H2,1-2H3/b13-12+. The maximum atomic E-state index is 12.5. The van der Waals surface area contributed by atoms with Gasteiger partial charge in [0.1, 0.15) is 0 Å². The largest absolute Gasteiger partial charge is 0.335 e. The number of likely N-dealkylation sites (N-methyl/N-ethyl adjacent to an activating group) is 1. The van der Waals surface area contributed by atoms with E-state index in [9.17, 15) is 4.79 Å². The van der Waals surface area contributed by atoms with Crippen molar-refractivity contribution in [3.63, 3.8) is 0 Å². The summed E-state index contributed by atoms with van der Waals surface area (Å²) in [6, 6.07) is 10.4. The van der Waals surface area contributed by atoms with E-state index in [0.717, 1.165) is 31.5 Å². The zero-order chi connectivity index (χ0) is 15.1. The Morgan fingerprint density at radius 3 is 2.43 bits per heavy atom. The minimum atomic E-state index is 0.146. The number of amides is 1. The number of hydrogen-bond acceptors (Lipinski definition) is 2. The van der Waals surface area contributed by atoms with E-state index in [-0.39, 0.29) is 5.91 Å². The fourth-order valence-corrected chi connectivity index (χ4v) is 2.82. The highest BCUT2D eigenvalue weighted by atomic mass is 16.2. The average Bonchev–Trinajstić information content (AvgIpc) is 3.00. The van der Waals surface area contributed by atoms with E-state index in [1.807, 2.05) is 36.4 Å². The lowest BCUT2D eigenvalue weighted by molar-refractivity contribution is -0.128. The van der Waals surface area contributed by atoms with Gasteiger partial charge in [0.2, 0.25) is 5.91 Å². The zero-order valence-electron chi connectivity index (χ0n) is 13.2. The zero-order valence-corrected chi connectivity index (χ0v) is 13.2. The van der Waals surface area contributed by atoms with Crippen LogP contribution in [0.25, 0.3) is 6.08 Å².